The number of hydrogen-bond acceptors (Lipinski definition) is 0. The highest BCUT2D eigenvalue weighted by atomic mass is 19.1. The Morgan fingerprint density at radius 1 is 0.704 bits per heavy atom. The maximum absolute atomic E-state index is 15.2. The lowest BCUT2D eigenvalue weighted by molar-refractivity contribution is 0.627. The van der Waals surface area contributed by atoms with Crippen molar-refractivity contribution in [2.24, 2.45) is 0 Å². The summed E-state index contributed by atoms with van der Waals surface area (Å²) in [5, 5.41) is 3.72. The van der Waals surface area contributed by atoms with E-state index in [0.29, 0.717) is 16.5 Å². The second-order valence-corrected chi connectivity index (χ2v) is 7.11. The summed E-state index contributed by atoms with van der Waals surface area (Å²) in [5.41, 5.74) is 2.51. The van der Waals surface area contributed by atoms with Gasteiger partial charge in [-0.3, -0.25) is 0 Å². The van der Waals surface area contributed by atoms with Crippen LogP contribution >= 0.6 is 0 Å². The standard InChI is InChI=1S/C25H22F2/c1-2-3-4-5-17-6-12-21-19(16-17)9-13-24-23(21)15-14-22(25(24)27)18-7-10-20(26)11-8-18/h6-16H,2-5H2,1H3. The third-order valence-corrected chi connectivity index (χ3v) is 5.24. The normalized spacial score (nSPS) is 11.4. The van der Waals surface area contributed by atoms with Gasteiger partial charge in [0.15, 0.2) is 0 Å². The largest absolute Gasteiger partial charge is 0.207 e. The van der Waals surface area contributed by atoms with Crippen molar-refractivity contribution in [3.63, 3.8) is 0 Å². The third kappa shape index (κ3) is 3.44. The Labute approximate surface area is 158 Å². The van der Waals surface area contributed by atoms with Crippen molar-refractivity contribution in [3.8, 4) is 11.1 Å². The van der Waals surface area contributed by atoms with Gasteiger partial charge in [0.05, 0.1) is 0 Å². The van der Waals surface area contributed by atoms with Crippen molar-refractivity contribution in [3.05, 3.63) is 83.9 Å². The van der Waals surface area contributed by atoms with Crippen LogP contribution in [0.4, 0.5) is 8.78 Å². The summed E-state index contributed by atoms with van der Waals surface area (Å²) in [4.78, 5) is 0. The number of aryl methyl sites for hydroxylation is 1. The van der Waals surface area contributed by atoms with Gasteiger partial charge >= 0.3 is 0 Å². The predicted octanol–water partition coefficient (Wildman–Crippen LogP) is 7.67. The van der Waals surface area contributed by atoms with Gasteiger partial charge in [-0.25, -0.2) is 8.78 Å². The van der Waals surface area contributed by atoms with Gasteiger partial charge in [-0.1, -0.05) is 74.4 Å². The van der Waals surface area contributed by atoms with Crippen LogP contribution in [0.3, 0.4) is 0 Å². The first-order valence-corrected chi connectivity index (χ1v) is 9.57. The molecule has 0 unspecified atom stereocenters. The van der Waals surface area contributed by atoms with Crippen molar-refractivity contribution < 1.29 is 8.78 Å². The van der Waals surface area contributed by atoms with Gasteiger partial charge in [-0.2, -0.15) is 0 Å². The number of rotatable bonds is 5. The third-order valence-electron chi connectivity index (χ3n) is 5.24. The topological polar surface area (TPSA) is 0 Å². The zero-order valence-electron chi connectivity index (χ0n) is 15.4. The summed E-state index contributed by atoms with van der Waals surface area (Å²) in [6, 6.07) is 20.0. The molecule has 4 aromatic rings. The molecule has 0 aliphatic heterocycles. The Morgan fingerprint density at radius 3 is 2.22 bits per heavy atom. The second kappa shape index (κ2) is 7.48. The fraction of sp³-hybridized carbons (Fsp3) is 0.200. The molecule has 0 radical (unpaired) electrons. The lowest BCUT2D eigenvalue weighted by Gasteiger charge is -2.11. The monoisotopic (exact) mass is 360 g/mol. The van der Waals surface area contributed by atoms with Crippen molar-refractivity contribution in [1.29, 1.82) is 0 Å². The van der Waals surface area contributed by atoms with E-state index in [1.54, 1.807) is 18.2 Å². The fourth-order valence-electron chi connectivity index (χ4n) is 3.75. The molecule has 0 saturated carbocycles. The molecule has 0 amide bonds. The minimum absolute atomic E-state index is 0.256. The highest BCUT2D eigenvalue weighted by Gasteiger charge is 2.11. The highest BCUT2D eigenvalue weighted by Crippen LogP contribution is 2.33. The van der Waals surface area contributed by atoms with Crippen LogP contribution < -0.4 is 0 Å². The fourth-order valence-corrected chi connectivity index (χ4v) is 3.75. The highest BCUT2D eigenvalue weighted by molar-refractivity contribution is 6.08. The van der Waals surface area contributed by atoms with Gasteiger partial charge in [0.1, 0.15) is 11.6 Å². The predicted molar refractivity (Wildman–Crippen MR) is 110 cm³/mol. The van der Waals surface area contributed by atoms with E-state index in [-0.39, 0.29) is 11.6 Å². The average molecular weight is 360 g/mol. The molecule has 27 heavy (non-hydrogen) atoms. The van der Waals surface area contributed by atoms with Gasteiger partial charge in [-0.05, 0) is 52.3 Å². The maximum atomic E-state index is 15.2. The molecule has 0 heterocycles. The van der Waals surface area contributed by atoms with Crippen LogP contribution in [0.2, 0.25) is 0 Å². The Balaban J connectivity index is 1.78. The summed E-state index contributed by atoms with van der Waals surface area (Å²) in [5.74, 6) is -0.575. The minimum Gasteiger partial charge on any atom is -0.207 e. The number of benzene rings is 4. The number of hydrogen-bond donors (Lipinski definition) is 0. The molecule has 136 valence electrons. The van der Waals surface area contributed by atoms with Crippen LogP contribution in [0.5, 0.6) is 0 Å². The zero-order chi connectivity index (χ0) is 18.8. The van der Waals surface area contributed by atoms with Crippen LogP contribution in [-0.2, 0) is 6.42 Å². The minimum atomic E-state index is -0.319. The Hall–Kier alpha value is -2.74. The summed E-state index contributed by atoms with van der Waals surface area (Å²) < 4.78 is 28.3. The first-order valence-electron chi connectivity index (χ1n) is 9.57. The van der Waals surface area contributed by atoms with E-state index in [2.05, 4.69) is 25.1 Å². The Bertz CT molecular complexity index is 1090. The van der Waals surface area contributed by atoms with Crippen molar-refractivity contribution >= 4 is 21.5 Å². The molecule has 4 aromatic carbocycles. The molecule has 0 aliphatic carbocycles. The molecule has 0 atom stereocenters. The maximum Gasteiger partial charge on any atom is 0.138 e. The summed E-state index contributed by atoms with van der Waals surface area (Å²) in [6.45, 7) is 2.21. The molecule has 0 nitrogen and oxygen atoms in total. The lowest BCUT2D eigenvalue weighted by atomic mass is 9.95. The van der Waals surface area contributed by atoms with E-state index in [0.717, 1.165) is 22.6 Å². The van der Waals surface area contributed by atoms with E-state index >= 15 is 4.39 Å². The van der Waals surface area contributed by atoms with Crippen molar-refractivity contribution in [2.75, 3.05) is 0 Å². The van der Waals surface area contributed by atoms with Crippen LogP contribution in [0.25, 0.3) is 32.7 Å². The summed E-state index contributed by atoms with van der Waals surface area (Å²) in [7, 11) is 0. The molecule has 0 spiro atoms. The van der Waals surface area contributed by atoms with Crippen LogP contribution in [0.15, 0.2) is 66.7 Å². The number of unbranched alkanes of at least 4 members (excludes halogenated alkanes) is 2. The number of halogens is 2. The summed E-state index contributed by atoms with van der Waals surface area (Å²) in [6.07, 6.45) is 4.74. The van der Waals surface area contributed by atoms with E-state index in [9.17, 15) is 4.39 Å². The van der Waals surface area contributed by atoms with Gasteiger partial charge < -0.3 is 0 Å². The van der Waals surface area contributed by atoms with Crippen molar-refractivity contribution in [1.82, 2.24) is 0 Å². The van der Waals surface area contributed by atoms with Crippen molar-refractivity contribution in [2.45, 2.75) is 32.6 Å². The van der Waals surface area contributed by atoms with Gasteiger partial charge in [-0.15, -0.1) is 0 Å². The molecule has 0 fully saturated rings. The Kier molecular flexibility index (Phi) is 4.89. The Morgan fingerprint density at radius 2 is 1.44 bits per heavy atom. The first kappa shape index (κ1) is 17.7. The SMILES string of the molecule is CCCCCc1ccc2c(ccc3c(F)c(-c4ccc(F)cc4)ccc32)c1. The van der Waals surface area contributed by atoms with E-state index in [1.807, 2.05) is 18.2 Å². The molecule has 2 heteroatoms. The molecular formula is C25H22F2. The first-order chi connectivity index (χ1) is 13.2. The van der Waals surface area contributed by atoms with E-state index in [1.165, 1.54) is 37.0 Å². The molecule has 0 N–H and O–H groups in total. The molecule has 0 bridgehead atoms. The zero-order valence-corrected chi connectivity index (χ0v) is 15.4. The molecule has 0 aromatic heterocycles. The van der Waals surface area contributed by atoms with E-state index < -0.39 is 0 Å². The quantitative estimate of drug-likeness (QED) is 0.253. The lowest BCUT2D eigenvalue weighted by Crippen LogP contribution is -1.90. The van der Waals surface area contributed by atoms with Crippen LogP contribution in [0, 0.1) is 11.6 Å². The summed E-state index contributed by atoms with van der Waals surface area (Å²) >= 11 is 0. The molecule has 0 saturated heterocycles. The van der Waals surface area contributed by atoms with Crippen LogP contribution in [-0.4, -0.2) is 0 Å². The van der Waals surface area contributed by atoms with Gasteiger partial charge in [0.25, 0.3) is 0 Å². The average Bonchev–Trinajstić information content (AvgIpc) is 2.69. The van der Waals surface area contributed by atoms with Gasteiger partial charge in [0, 0.05) is 10.9 Å². The number of fused-ring (bicyclic) bond motifs is 3. The van der Waals surface area contributed by atoms with Gasteiger partial charge in [0.2, 0.25) is 0 Å². The molecule has 0 aliphatic rings. The molecule has 4 rings (SSSR count). The van der Waals surface area contributed by atoms with Crippen LogP contribution in [0.1, 0.15) is 31.7 Å². The smallest absolute Gasteiger partial charge is 0.138 e. The van der Waals surface area contributed by atoms with E-state index in [4.69, 9.17) is 0 Å². The molecular weight excluding hydrogens is 338 g/mol. The second-order valence-electron chi connectivity index (χ2n) is 7.11.